The molecule has 0 N–H and O–H groups in total. The number of carbonyl (C=O) groups excluding carboxylic acids is 1. The number of rotatable bonds is 5. The lowest BCUT2D eigenvalue weighted by Crippen LogP contribution is -2.51. The Balaban J connectivity index is 2.92. The van der Waals surface area contributed by atoms with Crippen molar-refractivity contribution < 1.29 is 9.53 Å². The normalized spacial score (nSPS) is 28.2. The van der Waals surface area contributed by atoms with Gasteiger partial charge >= 0.3 is 0 Å². The molecule has 0 aromatic carbocycles. The van der Waals surface area contributed by atoms with E-state index in [1.165, 1.54) is 0 Å². The molecule has 0 radical (unpaired) electrons. The van der Waals surface area contributed by atoms with Crippen LogP contribution in [0.25, 0.3) is 0 Å². The molecule has 3 nitrogen and oxygen atoms in total. The van der Waals surface area contributed by atoms with Crippen molar-refractivity contribution in [3.05, 3.63) is 0 Å². The molecule has 0 bridgehead atoms. The summed E-state index contributed by atoms with van der Waals surface area (Å²) in [6.45, 7) is 9.32. The largest absolute Gasteiger partial charge is 0.381 e. The zero-order chi connectivity index (χ0) is 14.7. The van der Waals surface area contributed by atoms with Crippen LogP contribution in [-0.2, 0) is 9.53 Å². The molecule has 0 atom stereocenters. The van der Waals surface area contributed by atoms with Crippen LogP contribution in [0.3, 0.4) is 0 Å². The SMILES string of the molecule is CCN(C)C(=O)C(C)(C)C1(CC)CCC(OC)CC1. The maximum Gasteiger partial charge on any atom is 0.228 e. The summed E-state index contributed by atoms with van der Waals surface area (Å²) in [7, 11) is 3.71. The minimum Gasteiger partial charge on any atom is -0.381 e. The summed E-state index contributed by atoms with van der Waals surface area (Å²) < 4.78 is 5.48. The third-order valence-electron chi connectivity index (χ3n) is 5.58. The Morgan fingerprint density at radius 3 is 2.21 bits per heavy atom. The van der Waals surface area contributed by atoms with Crippen molar-refractivity contribution in [3.63, 3.8) is 0 Å². The molecule has 0 saturated heterocycles. The van der Waals surface area contributed by atoms with Crippen LogP contribution in [0.1, 0.15) is 59.8 Å². The lowest BCUT2D eigenvalue weighted by molar-refractivity contribution is -0.151. The average molecular weight is 269 g/mol. The van der Waals surface area contributed by atoms with E-state index in [9.17, 15) is 4.79 Å². The number of nitrogens with zero attached hydrogens (tertiary/aromatic N) is 1. The van der Waals surface area contributed by atoms with Crippen molar-refractivity contribution in [2.45, 2.75) is 65.9 Å². The first kappa shape index (κ1) is 16.5. The lowest BCUT2D eigenvalue weighted by Gasteiger charge is -2.50. The summed E-state index contributed by atoms with van der Waals surface area (Å²) in [6, 6.07) is 0. The summed E-state index contributed by atoms with van der Waals surface area (Å²) in [4.78, 5) is 14.6. The fourth-order valence-corrected chi connectivity index (χ4v) is 3.65. The van der Waals surface area contributed by atoms with Crippen molar-refractivity contribution in [2.24, 2.45) is 10.8 Å². The van der Waals surface area contributed by atoms with Crippen LogP contribution in [-0.4, -0.2) is 37.6 Å². The molecule has 0 aliphatic heterocycles. The Morgan fingerprint density at radius 1 is 1.32 bits per heavy atom. The maximum atomic E-state index is 12.7. The zero-order valence-electron chi connectivity index (χ0n) is 13.6. The zero-order valence-corrected chi connectivity index (χ0v) is 13.6. The highest BCUT2D eigenvalue weighted by Gasteiger charge is 2.50. The van der Waals surface area contributed by atoms with Crippen molar-refractivity contribution in [2.75, 3.05) is 20.7 Å². The second-order valence-corrected chi connectivity index (χ2v) is 6.51. The fourth-order valence-electron chi connectivity index (χ4n) is 3.65. The van der Waals surface area contributed by atoms with E-state index in [0.29, 0.717) is 6.10 Å². The van der Waals surface area contributed by atoms with Gasteiger partial charge in [0.05, 0.1) is 6.10 Å². The highest BCUT2D eigenvalue weighted by Crippen LogP contribution is 2.53. The topological polar surface area (TPSA) is 29.5 Å². The van der Waals surface area contributed by atoms with Crippen LogP contribution < -0.4 is 0 Å². The summed E-state index contributed by atoms with van der Waals surface area (Å²) >= 11 is 0. The molecule has 0 unspecified atom stereocenters. The molecule has 1 fully saturated rings. The van der Waals surface area contributed by atoms with Gasteiger partial charge < -0.3 is 9.64 Å². The number of methoxy groups -OCH3 is 1. The number of hydrogen-bond acceptors (Lipinski definition) is 2. The standard InChI is InChI=1S/C16H31NO2/c1-7-16(11-9-13(19-6)10-12-16)15(3,4)14(18)17(5)8-2/h13H,7-12H2,1-6H3. The van der Waals surface area contributed by atoms with Gasteiger partial charge in [-0.05, 0) is 44.4 Å². The summed E-state index contributed by atoms with van der Waals surface area (Å²) in [5.41, 5.74) is -0.159. The molecule has 0 aromatic rings. The van der Waals surface area contributed by atoms with Crippen LogP contribution in [0.5, 0.6) is 0 Å². The van der Waals surface area contributed by atoms with E-state index in [-0.39, 0.29) is 16.7 Å². The predicted octanol–water partition coefficient (Wildman–Crippen LogP) is 3.48. The summed E-state index contributed by atoms with van der Waals surface area (Å²) in [6.07, 6.45) is 5.80. The first-order valence-electron chi connectivity index (χ1n) is 7.63. The molecule has 19 heavy (non-hydrogen) atoms. The minimum atomic E-state index is -0.286. The predicted molar refractivity (Wildman–Crippen MR) is 79.1 cm³/mol. The van der Waals surface area contributed by atoms with Crippen LogP contribution in [0, 0.1) is 10.8 Å². The van der Waals surface area contributed by atoms with Gasteiger partial charge in [-0.25, -0.2) is 0 Å². The molecule has 1 rings (SSSR count). The Morgan fingerprint density at radius 2 is 1.84 bits per heavy atom. The molecule has 0 spiro atoms. The molecule has 1 aliphatic rings. The van der Waals surface area contributed by atoms with Gasteiger partial charge in [0.1, 0.15) is 0 Å². The smallest absolute Gasteiger partial charge is 0.228 e. The number of carbonyl (C=O) groups is 1. The van der Waals surface area contributed by atoms with Crippen molar-refractivity contribution >= 4 is 5.91 Å². The molecule has 112 valence electrons. The first-order chi connectivity index (χ1) is 8.84. The van der Waals surface area contributed by atoms with Crippen LogP contribution in [0.2, 0.25) is 0 Å². The molecule has 1 aliphatic carbocycles. The second-order valence-electron chi connectivity index (χ2n) is 6.51. The monoisotopic (exact) mass is 269 g/mol. The molecular weight excluding hydrogens is 238 g/mol. The molecule has 0 aromatic heterocycles. The number of hydrogen-bond donors (Lipinski definition) is 0. The Kier molecular flexibility index (Phi) is 5.43. The Labute approximate surface area is 118 Å². The molecule has 1 amide bonds. The third-order valence-corrected chi connectivity index (χ3v) is 5.58. The molecule has 3 heteroatoms. The summed E-state index contributed by atoms with van der Waals surface area (Å²) in [5.74, 6) is 0.285. The van der Waals surface area contributed by atoms with Gasteiger partial charge in [-0.2, -0.15) is 0 Å². The van der Waals surface area contributed by atoms with Gasteiger partial charge in [0.25, 0.3) is 0 Å². The first-order valence-corrected chi connectivity index (χ1v) is 7.63. The highest BCUT2D eigenvalue weighted by molar-refractivity contribution is 5.82. The van der Waals surface area contributed by atoms with E-state index in [0.717, 1.165) is 38.6 Å². The Hall–Kier alpha value is -0.570. The average Bonchev–Trinajstić information content (AvgIpc) is 2.45. The number of ether oxygens (including phenoxy) is 1. The fraction of sp³-hybridized carbons (Fsp3) is 0.938. The van der Waals surface area contributed by atoms with Crippen molar-refractivity contribution in [1.29, 1.82) is 0 Å². The third kappa shape index (κ3) is 2.96. The lowest BCUT2D eigenvalue weighted by atomic mass is 9.56. The molecule has 1 saturated carbocycles. The van der Waals surface area contributed by atoms with Crippen LogP contribution in [0.4, 0.5) is 0 Å². The quantitative estimate of drug-likeness (QED) is 0.765. The van der Waals surface area contributed by atoms with Crippen molar-refractivity contribution in [1.82, 2.24) is 4.90 Å². The molecular formula is C16H31NO2. The highest BCUT2D eigenvalue weighted by atomic mass is 16.5. The van der Waals surface area contributed by atoms with Gasteiger partial charge in [-0.15, -0.1) is 0 Å². The van der Waals surface area contributed by atoms with E-state index in [4.69, 9.17) is 4.74 Å². The van der Waals surface area contributed by atoms with E-state index in [2.05, 4.69) is 20.8 Å². The van der Waals surface area contributed by atoms with Gasteiger partial charge in [0, 0.05) is 26.1 Å². The second kappa shape index (κ2) is 6.25. The van der Waals surface area contributed by atoms with Gasteiger partial charge in [-0.3, -0.25) is 4.79 Å². The Bertz CT molecular complexity index is 304. The summed E-state index contributed by atoms with van der Waals surface area (Å²) in [5, 5.41) is 0. The van der Waals surface area contributed by atoms with Crippen LogP contribution >= 0.6 is 0 Å². The van der Waals surface area contributed by atoms with Gasteiger partial charge in [0.15, 0.2) is 0 Å². The van der Waals surface area contributed by atoms with E-state index in [1.54, 1.807) is 7.11 Å². The minimum absolute atomic E-state index is 0.128. The maximum absolute atomic E-state index is 12.7. The van der Waals surface area contributed by atoms with Gasteiger partial charge in [-0.1, -0.05) is 20.8 Å². The number of amides is 1. The van der Waals surface area contributed by atoms with Gasteiger partial charge in [0.2, 0.25) is 5.91 Å². The van der Waals surface area contributed by atoms with E-state index >= 15 is 0 Å². The van der Waals surface area contributed by atoms with E-state index < -0.39 is 0 Å². The van der Waals surface area contributed by atoms with Crippen molar-refractivity contribution in [3.8, 4) is 0 Å². The molecule has 0 heterocycles. The van der Waals surface area contributed by atoms with Crippen LogP contribution in [0.15, 0.2) is 0 Å². The van der Waals surface area contributed by atoms with E-state index in [1.807, 2.05) is 18.9 Å².